The number of hydrogen-bond donors (Lipinski definition) is 1. The Bertz CT molecular complexity index is 677. The fourth-order valence-electron chi connectivity index (χ4n) is 2.79. The molecule has 1 N–H and O–H groups in total. The summed E-state index contributed by atoms with van der Waals surface area (Å²) in [5, 5.41) is 3.07. The molecule has 23 heavy (non-hydrogen) atoms. The van der Waals surface area contributed by atoms with Gasteiger partial charge in [0.25, 0.3) is 0 Å². The molecule has 3 rings (SSSR count). The van der Waals surface area contributed by atoms with Crippen LogP contribution in [0.15, 0.2) is 36.7 Å². The average molecular weight is 315 g/mol. The lowest BCUT2D eigenvalue weighted by Crippen LogP contribution is -2.38. The molecule has 1 saturated heterocycles. The van der Waals surface area contributed by atoms with E-state index in [-0.39, 0.29) is 18.1 Å². The van der Waals surface area contributed by atoms with Gasteiger partial charge in [0.05, 0.1) is 7.11 Å². The first-order chi connectivity index (χ1) is 11.2. The van der Waals surface area contributed by atoms with Crippen molar-refractivity contribution in [3.8, 4) is 5.75 Å². The Hall–Kier alpha value is -2.34. The maximum Gasteiger partial charge on any atom is 0.249 e. The van der Waals surface area contributed by atoms with Crippen LogP contribution >= 0.6 is 0 Å². The predicted molar refractivity (Wildman–Crippen MR) is 85.2 cm³/mol. The van der Waals surface area contributed by atoms with Crippen LogP contribution < -0.4 is 10.1 Å². The van der Waals surface area contributed by atoms with E-state index in [4.69, 9.17) is 9.47 Å². The number of rotatable bonds is 5. The van der Waals surface area contributed by atoms with E-state index in [1.54, 1.807) is 13.3 Å². The van der Waals surface area contributed by atoms with Crippen molar-refractivity contribution in [1.82, 2.24) is 14.9 Å². The predicted octanol–water partition coefficient (Wildman–Crippen LogP) is 1.81. The minimum absolute atomic E-state index is 0.0988. The number of ether oxygens (including phenoxy) is 2. The number of amides is 1. The van der Waals surface area contributed by atoms with E-state index in [1.165, 1.54) is 0 Å². The molecule has 1 fully saturated rings. The Labute approximate surface area is 135 Å². The molecule has 0 bridgehead atoms. The third kappa shape index (κ3) is 3.37. The summed E-state index contributed by atoms with van der Waals surface area (Å²) in [6, 6.07) is 7.30. The fraction of sp³-hybridized carbons (Fsp3) is 0.412. The first-order valence-corrected chi connectivity index (χ1v) is 7.72. The highest BCUT2D eigenvalue weighted by molar-refractivity contribution is 5.81. The van der Waals surface area contributed by atoms with Gasteiger partial charge in [0.15, 0.2) is 0 Å². The molecule has 1 aliphatic heterocycles. The number of aryl methyl sites for hydroxylation is 1. The number of nitrogens with zero attached hydrogens (tertiary/aromatic N) is 2. The number of aromatic nitrogens is 2. The topological polar surface area (TPSA) is 65.4 Å². The molecule has 1 aliphatic rings. The molecule has 0 spiro atoms. The van der Waals surface area contributed by atoms with Gasteiger partial charge in [-0.1, -0.05) is 12.1 Å². The van der Waals surface area contributed by atoms with E-state index < -0.39 is 0 Å². The molecule has 1 amide bonds. The van der Waals surface area contributed by atoms with Crippen LogP contribution in [0.25, 0.3) is 0 Å². The quantitative estimate of drug-likeness (QED) is 0.914. The molecule has 2 heterocycles. The van der Waals surface area contributed by atoms with Gasteiger partial charge in [-0.15, -0.1) is 0 Å². The molecule has 1 aromatic heterocycles. The lowest BCUT2D eigenvalue weighted by molar-refractivity contribution is -0.130. The third-order valence-corrected chi connectivity index (χ3v) is 4.05. The van der Waals surface area contributed by atoms with E-state index in [9.17, 15) is 4.79 Å². The zero-order valence-corrected chi connectivity index (χ0v) is 13.4. The molecule has 0 aliphatic carbocycles. The Kier molecular flexibility index (Phi) is 4.62. The van der Waals surface area contributed by atoms with Gasteiger partial charge >= 0.3 is 0 Å². The van der Waals surface area contributed by atoms with Crippen molar-refractivity contribution in [3.05, 3.63) is 48.0 Å². The van der Waals surface area contributed by atoms with Gasteiger partial charge < -0.3 is 19.4 Å². The highest BCUT2D eigenvalue weighted by Gasteiger charge is 2.28. The molecule has 2 aromatic rings. The third-order valence-electron chi connectivity index (χ3n) is 4.05. The Morgan fingerprint density at radius 1 is 1.52 bits per heavy atom. The maximum absolute atomic E-state index is 12.5. The summed E-state index contributed by atoms with van der Waals surface area (Å²) >= 11 is 0. The number of carbonyl (C=O) groups is 1. The molecule has 0 radical (unpaired) electrons. The van der Waals surface area contributed by atoms with Crippen LogP contribution in [0.3, 0.4) is 0 Å². The first-order valence-electron chi connectivity index (χ1n) is 7.72. The van der Waals surface area contributed by atoms with Gasteiger partial charge in [-0.3, -0.25) is 4.79 Å². The number of methoxy groups -OCH3 is 1. The van der Waals surface area contributed by atoms with Gasteiger partial charge in [-0.25, -0.2) is 4.98 Å². The molecule has 2 atom stereocenters. The van der Waals surface area contributed by atoms with E-state index >= 15 is 0 Å². The van der Waals surface area contributed by atoms with Crippen LogP contribution in [0.4, 0.5) is 0 Å². The summed E-state index contributed by atoms with van der Waals surface area (Å²) in [7, 11) is 3.54. The fourth-order valence-corrected chi connectivity index (χ4v) is 2.79. The SMILES string of the molecule is COc1cccc([C@H](NC(=O)[C@H]2CCCO2)c2nccn2C)c1. The van der Waals surface area contributed by atoms with Gasteiger partial charge in [-0.2, -0.15) is 0 Å². The summed E-state index contributed by atoms with van der Waals surface area (Å²) in [6.07, 6.45) is 4.89. The van der Waals surface area contributed by atoms with E-state index in [0.29, 0.717) is 6.61 Å². The molecule has 0 unspecified atom stereocenters. The minimum Gasteiger partial charge on any atom is -0.497 e. The summed E-state index contributed by atoms with van der Waals surface area (Å²) in [5.74, 6) is 1.41. The first kappa shape index (κ1) is 15.6. The molecular weight excluding hydrogens is 294 g/mol. The lowest BCUT2D eigenvalue weighted by atomic mass is 10.0. The second-order valence-corrected chi connectivity index (χ2v) is 5.62. The lowest BCUT2D eigenvalue weighted by Gasteiger charge is -2.21. The summed E-state index contributed by atoms with van der Waals surface area (Å²) in [6.45, 7) is 0.643. The normalized spacial score (nSPS) is 18.6. The van der Waals surface area contributed by atoms with Crippen LogP contribution in [-0.2, 0) is 16.6 Å². The maximum atomic E-state index is 12.5. The zero-order chi connectivity index (χ0) is 16.2. The van der Waals surface area contributed by atoms with Crippen molar-refractivity contribution in [2.45, 2.75) is 25.0 Å². The van der Waals surface area contributed by atoms with E-state index in [2.05, 4.69) is 10.3 Å². The van der Waals surface area contributed by atoms with Crippen molar-refractivity contribution in [1.29, 1.82) is 0 Å². The van der Waals surface area contributed by atoms with Crippen molar-refractivity contribution in [3.63, 3.8) is 0 Å². The summed E-state index contributed by atoms with van der Waals surface area (Å²) in [4.78, 5) is 16.9. The molecular formula is C17H21N3O3. The average Bonchev–Trinajstić information content (AvgIpc) is 3.24. The van der Waals surface area contributed by atoms with Crippen LogP contribution in [0.2, 0.25) is 0 Å². The Morgan fingerprint density at radius 2 is 2.39 bits per heavy atom. The van der Waals surface area contributed by atoms with Gasteiger partial charge in [-0.05, 0) is 30.5 Å². The van der Waals surface area contributed by atoms with Crippen molar-refractivity contribution in [2.24, 2.45) is 7.05 Å². The number of imidazole rings is 1. The largest absolute Gasteiger partial charge is 0.497 e. The molecule has 122 valence electrons. The minimum atomic E-state index is -0.372. The highest BCUT2D eigenvalue weighted by atomic mass is 16.5. The number of benzene rings is 1. The number of hydrogen-bond acceptors (Lipinski definition) is 4. The van der Waals surface area contributed by atoms with Crippen molar-refractivity contribution >= 4 is 5.91 Å². The van der Waals surface area contributed by atoms with E-state index in [1.807, 2.05) is 42.1 Å². The number of carbonyl (C=O) groups excluding carboxylic acids is 1. The highest BCUT2D eigenvalue weighted by Crippen LogP contribution is 2.25. The standard InChI is InChI=1S/C17H21N3O3/c1-20-9-8-18-16(20)15(12-5-3-6-13(11-12)22-2)19-17(21)14-7-4-10-23-14/h3,5-6,8-9,11,14-15H,4,7,10H2,1-2H3,(H,19,21)/t14-,15+/m1/s1. The summed E-state index contributed by atoms with van der Waals surface area (Å²) < 4.78 is 12.7. The van der Waals surface area contributed by atoms with E-state index in [0.717, 1.165) is 30.0 Å². The Morgan fingerprint density at radius 3 is 3.04 bits per heavy atom. The second kappa shape index (κ2) is 6.83. The van der Waals surface area contributed by atoms with Crippen molar-refractivity contribution < 1.29 is 14.3 Å². The van der Waals surface area contributed by atoms with Crippen LogP contribution in [0.5, 0.6) is 5.75 Å². The van der Waals surface area contributed by atoms with Crippen LogP contribution in [-0.4, -0.2) is 35.3 Å². The number of nitrogens with one attached hydrogen (secondary N) is 1. The van der Waals surface area contributed by atoms with Crippen LogP contribution in [0.1, 0.15) is 30.3 Å². The van der Waals surface area contributed by atoms with Crippen molar-refractivity contribution in [2.75, 3.05) is 13.7 Å². The molecule has 6 heteroatoms. The monoisotopic (exact) mass is 315 g/mol. The zero-order valence-electron chi connectivity index (χ0n) is 13.4. The van der Waals surface area contributed by atoms with Crippen LogP contribution in [0, 0.1) is 0 Å². The molecule has 6 nitrogen and oxygen atoms in total. The van der Waals surface area contributed by atoms with Gasteiger partial charge in [0, 0.05) is 26.0 Å². The van der Waals surface area contributed by atoms with Gasteiger partial charge in [0.1, 0.15) is 23.7 Å². The Balaban J connectivity index is 1.90. The van der Waals surface area contributed by atoms with Gasteiger partial charge in [0.2, 0.25) is 5.91 Å². The smallest absolute Gasteiger partial charge is 0.249 e. The molecule has 1 aromatic carbocycles. The molecule has 0 saturated carbocycles. The summed E-state index contributed by atoms with van der Waals surface area (Å²) in [5.41, 5.74) is 0.921. The second-order valence-electron chi connectivity index (χ2n) is 5.62.